The molecule has 3 N–H and O–H groups in total. The number of imidazole rings is 1. The Labute approximate surface area is 116 Å². The van der Waals surface area contributed by atoms with Gasteiger partial charge >= 0.3 is 5.97 Å². The minimum atomic E-state index is -1.01. The van der Waals surface area contributed by atoms with Crippen LogP contribution in [0.1, 0.15) is 35.1 Å². The molecule has 0 amide bonds. The standard InChI is InChI=1S/C14H18N4O2/c1-17-7-5-9(6-8-17)13-16-12(14(19)20)10-3-2-4-11(15)18(10)13/h2-4,9H,5-8,15H2,1H3,(H,19,20). The number of anilines is 1. The lowest BCUT2D eigenvalue weighted by Crippen LogP contribution is -2.30. The summed E-state index contributed by atoms with van der Waals surface area (Å²) in [5.41, 5.74) is 6.69. The van der Waals surface area contributed by atoms with E-state index < -0.39 is 5.97 Å². The van der Waals surface area contributed by atoms with E-state index in [-0.39, 0.29) is 11.6 Å². The van der Waals surface area contributed by atoms with Gasteiger partial charge < -0.3 is 15.7 Å². The van der Waals surface area contributed by atoms with Crippen molar-refractivity contribution in [1.82, 2.24) is 14.3 Å². The van der Waals surface area contributed by atoms with Crippen LogP contribution in [0.15, 0.2) is 18.2 Å². The number of nitrogens with two attached hydrogens (primary N) is 1. The normalized spacial score (nSPS) is 17.6. The second-order valence-corrected chi connectivity index (χ2v) is 5.37. The summed E-state index contributed by atoms with van der Waals surface area (Å²) in [5, 5.41) is 9.30. The molecule has 0 bridgehead atoms. The molecule has 2 aromatic rings. The van der Waals surface area contributed by atoms with Crippen LogP contribution in [-0.4, -0.2) is 45.5 Å². The number of rotatable bonds is 2. The predicted octanol–water partition coefficient (Wildman–Crippen LogP) is 1.42. The van der Waals surface area contributed by atoms with Crippen LogP contribution < -0.4 is 5.73 Å². The molecule has 1 saturated heterocycles. The zero-order valence-electron chi connectivity index (χ0n) is 11.4. The fraction of sp³-hybridized carbons (Fsp3) is 0.429. The molecular formula is C14H18N4O2. The van der Waals surface area contributed by atoms with E-state index in [0.717, 1.165) is 31.8 Å². The molecule has 0 spiro atoms. The number of fused-ring (bicyclic) bond motifs is 1. The first-order valence-electron chi connectivity index (χ1n) is 6.76. The zero-order valence-corrected chi connectivity index (χ0v) is 11.4. The van der Waals surface area contributed by atoms with Crippen molar-refractivity contribution < 1.29 is 9.90 Å². The molecule has 106 valence electrons. The summed E-state index contributed by atoms with van der Waals surface area (Å²) < 4.78 is 1.79. The highest BCUT2D eigenvalue weighted by Gasteiger charge is 2.26. The average molecular weight is 274 g/mol. The van der Waals surface area contributed by atoms with Crippen molar-refractivity contribution in [3.8, 4) is 0 Å². The third-order valence-electron chi connectivity index (χ3n) is 4.00. The van der Waals surface area contributed by atoms with Crippen LogP contribution in [0.3, 0.4) is 0 Å². The molecule has 3 rings (SSSR count). The fourth-order valence-corrected chi connectivity index (χ4v) is 2.89. The summed E-state index contributed by atoms with van der Waals surface area (Å²) in [4.78, 5) is 18.0. The number of aromatic nitrogens is 2. The highest BCUT2D eigenvalue weighted by molar-refractivity contribution is 5.94. The lowest BCUT2D eigenvalue weighted by molar-refractivity contribution is 0.0693. The summed E-state index contributed by atoms with van der Waals surface area (Å²) in [6, 6.07) is 5.29. The van der Waals surface area contributed by atoms with E-state index in [9.17, 15) is 9.90 Å². The van der Waals surface area contributed by atoms with Crippen LogP contribution in [0.4, 0.5) is 5.82 Å². The summed E-state index contributed by atoms with van der Waals surface area (Å²) in [5.74, 6) is 0.573. The number of hydrogen-bond acceptors (Lipinski definition) is 4. The molecule has 1 aliphatic heterocycles. The number of piperidine rings is 1. The summed E-state index contributed by atoms with van der Waals surface area (Å²) in [7, 11) is 2.09. The second kappa shape index (κ2) is 4.79. The first-order valence-corrected chi connectivity index (χ1v) is 6.76. The molecular weight excluding hydrogens is 256 g/mol. The number of carboxylic acid groups (broad SMARTS) is 1. The Morgan fingerprint density at radius 1 is 1.40 bits per heavy atom. The minimum Gasteiger partial charge on any atom is -0.476 e. The summed E-state index contributed by atoms with van der Waals surface area (Å²) in [6.07, 6.45) is 1.95. The molecule has 0 radical (unpaired) electrons. The molecule has 0 aliphatic carbocycles. The van der Waals surface area contributed by atoms with Crippen LogP contribution in [0.2, 0.25) is 0 Å². The Balaban J connectivity index is 2.13. The highest BCUT2D eigenvalue weighted by Crippen LogP contribution is 2.30. The van der Waals surface area contributed by atoms with E-state index in [4.69, 9.17) is 5.73 Å². The number of likely N-dealkylation sites (tertiary alicyclic amines) is 1. The number of nitrogen functional groups attached to an aromatic ring is 1. The van der Waals surface area contributed by atoms with Crippen molar-refractivity contribution >= 4 is 17.3 Å². The van der Waals surface area contributed by atoms with Gasteiger partial charge in [0.05, 0.1) is 5.52 Å². The van der Waals surface area contributed by atoms with E-state index in [1.807, 2.05) is 0 Å². The topological polar surface area (TPSA) is 83.9 Å². The molecule has 3 heterocycles. The largest absolute Gasteiger partial charge is 0.476 e. The lowest BCUT2D eigenvalue weighted by Gasteiger charge is -2.28. The zero-order chi connectivity index (χ0) is 14.3. The van der Waals surface area contributed by atoms with Gasteiger partial charge in [-0.15, -0.1) is 0 Å². The maximum absolute atomic E-state index is 11.3. The Bertz CT molecular complexity index is 656. The van der Waals surface area contributed by atoms with Gasteiger partial charge in [0.25, 0.3) is 0 Å². The average Bonchev–Trinajstić information content (AvgIpc) is 2.81. The number of pyridine rings is 1. The maximum atomic E-state index is 11.3. The van der Waals surface area contributed by atoms with Crippen LogP contribution in [0.5, 0.6) is 0 Å². The van der Waals surface area contributed by atoms with Gasteiger partial charge in [-0.05, 0) is 45.1 Å². The minimum absolute atomic E-state index is 0.0891. The molecule has 6 nitrogen and oxygen atoms in total. The van der Waals surface area contributed by atoms with Gasteiger partial charge in [-0.2, -0.15) is 0 Å². The van der Waals surface area contributed by atoms with Gasteiger partial charge in [0.2, 0.25) is 0 Å². The second-order valence-electron chi connectivity index (χ2n) is 5.37. The number of aromatic carboxylic acids is 1. The summed E-state index contributed by atoms with van der Waals surface area (Å²) >= 11 is 0. The molecule has 1 aliphatic rings. The van der Waals surface area contributed by atoms with Crippen molar-refractivity contribution in [3.05, 3.63) is 29.7 Å². The molecule has 0 saturated carbocycles. The molecule has 0 atom stereocenters. The van der Waals surface area contributed by atoms with Crippen LogP contribution in [0.25, 0.3) is 5.52 Å². The third kappa shape index (κ3) is 2.02. The van der Waals surface area contributed by atoms with E-state index in [1.54, 1.807) is 22.6 Å². The van der Waals surface area contributed by atoms with Gasteiger partial charge in [0, 0.05) is 5.92 Å². The Hall–Kier alpha value is -2.08. The summed E-state index contributed by atoms with van der Waals surface area (Å²) in [6.45, 7) is 1.99. The van der Waals surface area contributed by atoms with Crippen molar-refractivity contribution in [1.29, 1.82) is 0 Å². The van der Waals surface area contributed by atoms with Gasteiger partial charge in [-0.1, -0.05) is 6.07 Å². The van der Waals surface area contributed by atoms with Crippen molar-refractivity contribution in [2.45, 2.75) is 18.8 Å². The predicted molar refractivity (Wildman–Crippen MR) is 76.0 cm³/mol. The number of hydrogen-bond donors (Lipinski definition) is 2. The van der Waals surface area contributed by atoms with Crippen LogP contribution in [0, 0.1) is 0 Å². The van der Waals surface area contributed by atoms with Crippen molar-refractivity contribution in [3.63, 3.8) is 0 Å². The molecule has 0 unspecified atom stereocenters. The Kier molecular flexibility index (Phi) is 3.10. The molecule has 20 heavy (non-hydrogen) atoms. The fourth-order valence-electron chi connectivity index (χ4n) is 2.89. The monoisotopic (exact) mass is 274 g/mol. The Morgan fingerprint density at radius 3 is 2.75 bits per heavy atom. The first kappa shape index (κ1) is 12.9. The van der Waals surface area contributed by atoms with Gasteiger partial charge in [0.1, 0.15) is 11.6 Å². The van der Waals surface area contributed by atoms with Gasteiger partial charge in [-0.25, -0.2) is 9.78 Å². The molecule has 6 heteroatoms. The SMILES string of the molecule is CN1CCC(c2nc(C(=O)O)c3cccc(N)n23)CC1. The molecule has 1 fully saturated rings. The number of carbonyl (C=O) groups is 1. The molecule has 2 aromatic heterocycles. The highest BCUT2D eigenvalue weighted by atomic mass is 16.4. The Morgan fingerprint density at radius 2 is 2.10 bits per heavy atom. The van der Waals surface area contributed by atoms with Crippen molar-refractivity contribution in [2.24, 2.45) is 0 Å². The van der Waals surface area contributed by atoms with E-state index >= 15 is 0 Å². The first-order chi connectivity index (χ1) is 9.58. The third-order valence-corrected chi connectivity index (χ3v) is 4.00. The number of carboxylic acids is 1. The molecule has 0 aromatic carbocycles. The van der Waals surface area contributed by atoms with E-state index in [2.05, 4.69) is 16.9 Å². The van der Waals surface area contributed by atoms with Crippen molar-refractivity contribution in [2.75, 3.05) is 25.9 Å². The van der Waals surface area contributed by atoms with E-state index in [1.165, 1.54) is 0 Å². The smallest absolute Gasteiger partial charge is 0.356 e. The lowest BCUT2D eigenvalue weighted by atomic mass is 9.96. The quantitative estimate of drug-likeness (QED) is 0.865. The van der Waals surface area contributed by atoms with Gasteiger partial charge in [-0.3, -0.25) is 4.40 Å². The maximum Gasteiger partial charge on any atom is 0.356 e. The van der Waals surface area contributed by atoms with Crippen LogP contribution >= 0.6 is 0 Å². The van der Waals surface area contributed by atoms with Gasteiger partial charge in [0.15, 0.2) is 5.69 Å². The van der Waals surface area contributed by atoms with Crippen LogP contribution in [-0.2, 0) is 0 Å². The number of nitrogens with zero attached hydrogens (tertiary/aromatic N) is 3. The van der Waals surface area contributed by atoms with E-state index in [0.29, 0.717) is 11.3 Å².